The van der Waals surface area contributed by atoms with Crippen LogP contribution in [0.5, 0.6) is 0 Å². The number of rotatable bonds is 5. The molecular formula is C26H25ClN4O3. The smallest absolute Gasteiger partial charge is 0.262 e. The highest BCUT2D eigenvalue weighted by Gasteiger charge is 2.44. The predicted octanol–water partition coefficient (Wildman–Crippen LogP) is 4.33. The summed E-state index contributed by atoms with van der Waals surface area (Å²) in [6, 6.07) is 13.3. The lowest BCUT2D eigenvalue weighted by molar-refractivity contribution is -0.137. The maximum atomic E-state index is 13.8. The molecule has 2 aliphatic heterocycles. The number of imide groups is 1. The van der Waals surface area contributed by atoms with Gasteiger partial charge in [-0.2, -0.15) is 5.10 Å². The lowest BCUT2D eigenvalue weighted by Crippen LogP contribution is -2.52. The second-order valence-electron chi connectivity index (χ2n) is 9.22. The van der Waals surface area contributed by atoms with Crippen molar-refractivity contribution in [1.82, 2.24) is 20.0 Å². The Balaban J connectivity index is 1.45. The quantitative estimate of drug-likeness (QED) is 0.555. The second kappa shape index (κ2) is 8.72. The second-order valence-corrected chi connectivity index (χ2v) is 9.66. The normalized spacial score (nSPS) is 16.1. The fraction of sp³-hybridized carbons (Fsp3) is 0.308. The summed E-state index contributed by atoms with van der Waals surface area (Å²) in [7, 11) is 0. The number of nitrogens with one attached hydrogen (secondary N) is 1. The summed E-state index contributed by atoms with van der Waals surface area (Å²) in [6.45, 7) is 4.81. The average Bonchev–Trinajstić information content (AvgIpc) is 3.36. The molecule has 34 heavy (non-hydrogen) atoms. The van der Waals surface area contributed by atoms with Gasteiger partial charge in [0.25, 0.3) is 11.8 Å². The number of carbonyl (C=O) groups excluding carboxylic acids is 3. The molecule has 5 rings (SSSR count). The van der Waals surface area contributed by atoms with Gasteiger partial charge in [0.05, 0.1) is 16.8 Å². The number of aromatic nitrogens is 2. The SMILES string of the molecule is CC(C)CC(C(=O)N1CCc2[nH]nc(-c3cccc(Cl)c3)c2C1)N1C(=O)c2ccccc2C1=O. The van der Waals surface area contributed by atoms with Gasteiger partial charge < -0.3 is 4.90 Å². The van der Waals surface area contributed by atoms with E-state index in [0.29, 0.717) is 42.1 Å². The first-order valence-corrected chi connectivity index (χ1v) is 11.8. The van der Waals surface area contributed by atoms with Gasteiger partial charge in [0, 0.05) is 41.4 Å². The third-order valence-corrected chi connectivity index (χ3v) is 6.70. The van der Waals surface area contributed by atoms with Crippen LogP contribution in [0.2, 0.25) is 5.02 Å². The van der Waals surface area contributed by atoms with Crippen molar-refractivity contribution in [3.05, 3.63) is 75.9 Å². The van der Waals surface area contributed by atoms with E-state index in [0.717, 1.165) is 27.4 Å². The summed E-state index contributed by atoms with van der Waals surface area (Å²) in [4.78, 5) is 43.0. The zero-order chi connectivity index (χ0) is 24.0. The molecule has 1 N–H and O–H groups in total. The lowest BCUT2D eigenvalue weighted by Gasteiger charge is -2.34. The first-order chi connectivity index (χ1) is 16.3. The maximum Gasteiger partial charge on any atom is 0.262 e. The van der Waals surface area contributed by atoms with Crippen LogP contribution in [0.1, 0.15) is 52.2 Å². The number of benzene rings is 2. The molecule has 3 amide bonds. The summed E-state index contributed by atoms with van der Waals surface area (Å²) >= 11 is 6.18. The van der Waals surface area contributed by atoms with E-state index in [4.69, 9.17) is 11.6 Å². The van der Waals surface area contributed by atoms with E-state index in [1.807, 2.05) is 32.0 Å². The summed E-state index contributed by atoms with van der Waals surface area (Å²) in [5.74, 6) is -0.901. The van der Waals surface area contributed by atoms with E-state index >= 15 is 0 Å². The van der Waals surface area contributed by atoms with Gasteiger partial charge in [-0.1, -0.05) is 49.7 Å². The number of carbonyl (C=O) groups is 3. The molecule has 0 fully saturated rings. The Morgan fingerprint density at radius 1 is 1.09 bits per heavy atom. The van der Waals surface area contributed by atoms with Gasteiger partial charge in [-0.05, 0) is 36.6 Å². The molecule has 7 nitrogen and oxygen atoms in total. The number of hydrogen-bond donors (Lipinski definition) is 1. The predicted molar refractivity (Wildman–Crippen MR) is 128 cm³/mol. The van der Waals surface area contributed by atoms with Crippen LogP contribution in [0, 0.1) is 5.92 Å². The summed E-state index contributed by atoms with van der Waals surface area (Å²) in [5, 5.41) is 8.19. The molecule has 0 saturated heterocycles. The van der Waals surface area contributed by atoms with E-state index < -0.39 is 17.9 Å². The zero-order valence-electron chi connectivity index (χ0n) is 19.0. The molecule has 1 atom stereocenters. The number of aromatic amines is 1. The van der Waals surface area contributed by atoms with Gasteiger partial charge in [-0.15, -0.1) is 0 Å². The van der Waals surface area contributed by atoms with E-state index in [2.05, 4.69) is 10.2 Å². The van der Waals surface area contributed by atoms with Gasteiger partial charge in [-0.25, -0.2) is 0 Å². The number of halogens is 1. The van der Waals surface area contributed by atoms with E-state index in [9.17, 15) is 14.4 Å². The Bertz CT molecular complexity index is 1260. The Morgan fingerprint density at radius 3 is 2.44 bits per heavy atom. The molecule has 3 heterocycles. The van der Waals surface area contributed by atoms with Crippen LogP contribution >= 0.6 is 11.6 Å². The first-order valence-electron chi connectivity index (χ1n) is 11.4. The van der Waals surface area contributed by atoms with Crippen molar-refractivity contribution < 1.29 is 14.4 Å². The minimum atomic E-state index is -0.851. The van der Waals surface area contributed by atoms with Crippen molar-refractivity contribution >= 4 is 29.3 Å². The van der Waals surface area contributed by atoms with Crippen LogP contribution in [-0.4, -0.2) is 50.3 Å². The van der Waals surface area contributed by atoms with Crippen LogP contribution in [0.4, 0.5) is 0 Å². The third kappa shape index (κ3) is 3.80. The molecular weight excluding hydrogens is 452 g/mol. The largest absolute Gasteiger partial charge is 0.336 e. The third-order valence-electron chi connectivity index (χ3n) is 6.46. The summed E-state index contributed by atoms with van der Waals surface area (Å²) in [6.07, 6.45) is 1.02. The molecule has 1 aromatic heterocycles. The molecule has 2 aromatic carbocycles. The highest BCUT2D eigenvalue weighted by molar-refractivity contribution is 6.30. The molecule has 0 spiro atoms. The zero-order valence-corrected chi connectivity index (χ0v) is 19.8. The minimum Gasteiger partial charge on any atom is -0.336 e. The van der Waals surface area contributed by atoms with Crippen LogP contribution in [0.3, 0.4) is 0 Å². The maximum absolute atomic E-state index is 13.8. The van der Waals surface area contributed by atoms with Crippen LogP contribution in [0.15, 0.2) is 48.5 Å². The molecule has 0 saturated carbocycles. The van der Waals surface area contributed by atoms with Crippen LogP contribution < -0.4 is 0 Å². The molecule has 3 aromatic rings. The van der Waals surface area contributed by atoms with Crippen molar-refractivity contribution in [2.45, 2.75) is 39.3 Å². The van der Waals surface area contributed by atoms with Gasteiger partial charge in [0.2, 0.25) is 5.91 Å². The van der Waals surface area contributed by atoms with Gasteiger partial charge >= 0.3 is 0 Å². The van der Waals surface area contributed by atoms with Crippen molar-refractivity contribution in [1.29, 1.82) is 0 Å². The molecule has 2 aliphatic rings. The number of H-pyrrole nitrogens is 1. The standard InChI is InChI=1S/C26H25ClN4O3/c1-15(2)12-22(31-24(32)18-8-3-4-9-19(18)25(31)33)26(34)30-11-10-21-20(14-30)23(29-28-21)16-6-5-7-17(27)13-16/h3-9,13,15,22H,10-12,14H2,1-2H3,(H,28,29). The molecule has 8 heteroatoms. The van der Waals surface area contributed by atoms with Crippen LogP contribution in [-0.2, 0) is 17.8 Å². The lowest BCUT2D eigenvalue weighted by atomic mass is 9.97. The highest BCUT2D eigenvalue weighted by Crippen LogP contribution is 2.32. The summed E-state index contributed by atoms with van der Waals surface area (Å²) < 4.78 is 0. The number of hydrogen-bond acceptors (Lipinski definition) is 4. The van der Waals surface area contributed by atoms with E-state index in [-0.39, 0.29) is 11.8 Å². The summed E-state index contributed by atoms with van der Waals surface area (Å²) in [5.41, 5.74) is 4.27. The molecule has 1 unspecified atom stereocenters. The van der Waals surface area contributed by atoms with Gasteiger partial charge in [-0.3, -0.25) is 24.4 Å². The van der Waals surface area contributed by atoms with E-state index in [1.54, 1.807) is 35.2 Å². The average molecular weight is 477 g/mol. The van der Waals surface area contributed by atoms with E-state index in [1.165, 1.54) is 0 Å². The van der Waals surface area contributed by atoms with Crippen molar-refractivity contribution in [3.8, 4) is 11.3 Å². The van der Waals surface area contributed by atoms with Crippen molar-refractivity contribution in [3.63, 3.8) is 0 Å². The topological polar surface area (TPSA) is 86.4 Å². The minimum absolute atomic E-state index is 0.120. The molecule has 0 bridgehead atoms. The monoisotopic (exact) mass is 476 g/mol. The fourth-order valence-corrected chi connectivity index (χ4v) is 5.01. The van der Waals surface area contributed by atoms with Crippen molar-refractivity contribution in [2.24, 2.45) is 5.92 Å². The molecule has 0 radical (unpaired) electrons. The Labute approximate surface area is 202 Å². The van der Waals surface area contributed by atoms with Crippen molar-refractivity contribution in [2.75, 3.05) is 6.54 Å². The molecule has 174 valence electrons. The van der Waals surface area contributed by atoms with Crippen LogP contribution in [0.25, 0.3) is 11.3 Å². The molecule has 0 aliphatic carbocycles. The number of amides is 3. The number of nitrogens with zero attached hydrogens (tertiary/aromatic N) is 3. The fourth-order valence-electron chi connectivity index (χ4n) is 4.82. The highest BCUT2D eigenvalue weighted by atomic mass is 35.5. The Kier molecular flexibility index (Phi) is 5.73. The van der Waals surface area contributed by atoms with Gasteiger partial charge in [0.15, 0.2) is 0 Å². The first kappa shape index (κ1) is 22.3. The Morgan fingerprint density at radius 2 is 1.79 bits per heavy atom. The van der Waals surface area contributed by atoms with Gasteiger partial charge in [0.1, 0.15) is 6.04 Å². The Hall–Kier alpha value is -3.45. The number of fused-ring (bicyclic) bond motifs is 2.